The summed E-state index contributed by atoms with van der Waals surface area (Å²) in [5.41, 5.74) is 3.93. The highest BCUT2D eigenvalue weighted by Crippen LogP contribution is 2.24. The standard InChI is InChI=1S/C20H15N3O3/c21-12-15-8-4-5-9-17(15)18-11-10-16(26-18)13-22-23-20(25)19(24)14-6-2-1-3-7-14/h1-11,13,19,24H,(H,23,25)/b22-13-/t19-/m1/s1. The van der Waals surface area contributed by atoms with Crippen molar-refractivity contribution in [1.29, 1.82) is 5.26 Å². The van der Waals surface area contributed by atoms with Crippen molar-refractivity contribution >= 4 is 12.1 Å². The third kappa shape index (κ3) is 3.86. The largest absolute Gasteiger partial charge is 0.455 e. The molecule has 0 aliphatic heterocycles. The molecule has 6 heteroatoms. The summed E-state index contributed by atoms with van der Waals surface area (Å²) in [6.07, 6.45) is 0.0247. The summed E-state index contributed by atoms with van der Waals surface area (Å²) in [5.74, 6) is 0.288. The van der Waals surface area contributed by atoms with E-state index >= 15 is 0 Å². The Kier molecular flexibility index (Phi) is 5.22. The maximum absolute atomic E-state index is 11.9. The van der Waals surface area contributed by atoms with Gasteiger partial charge in [-0.25, -0.2) is 5.43 Å². The van der Waals surface area contributed by atoms with Crippen LogP contribution in [0.2, 0.25) is 0 Å². The molecule has 0 aliphatic rings. The Bertz CT molecular complexity index is 971. The van der Waals surface area contributed by atoms with Crippen LogP contribution in [0.15, 0.2) is 76.2 Å². The average molecular weight is 345 g/mol. The quantitative estimate of drug-likeness (QED) is 0.548. The first kappa shape index (κ1) is 17.1. The number of benzene rings is 2. The number of hydrogen-bond donors (Lipinski definition) is 2. The summed E-state index contributed by atoms with van der Waals surface area (Å²) >= 11 is 0. The zero-order chi connectivity index (χ0) is 18.4. The molecular formula is C20H15N3O3. The lowest BCUT2D eigenvalue weighted by molar-refractivity contribution is -0.129. The van der Waals surface area contributed by atoms with Crippen molar-refractivity contribution in [3.63, 3.8) is 0 Å². The second kappa shape index (κ2) is 7.92. The summed E-state index contributed by atoms with van der Waals surface area (Å²) in [7, 11) is 0. The van der Waals surface area contributed by atoms with Gasteiger partial charge in [-0.2, -0.15) is 10.4 Å². The van der Waals surface area contributed by atoms with Crippen molar-refractivity contribution in [2.45, 2.75) is 6.10 Å². The minimum Gasteiger partial charge on any atom is -0.455 e. The lowest BCUT2D eigenvalue weighted by Gasteiger charge is -2.08. The van der Waals surface area contributed by atoms with Crippen LogP contribution in [0.5, 0.6) is 0 Å². The second-order valence-electron chi connectivity index (χ2n) is 5.41. The third-order valence-electron chi connectivity index (χ3n) is 3.67. The SMILES string of the molecule is N#Cc1ccccc1-c1ccc(/C=N\NC(=O)[C@H](O)c2ccccc2)o1. The molecule has 26 heavy (non-hydrogen) atoms. The Morgan fingerprint density at radius 2 is 1.85 bits per heavy atom. The molecule has 2 N–H and O–H groups in total. The molecule has 0 bridgehead atoms. The first-order chi connectivity index (χ1) is 12.7. The van der Waals surface area contributed by atoms with Gasteiger partial charge in [0.15, 0.2) is 6.10 Å². The first-order valence-electron chi connectivity index (χ1n) is 7.84. The molecule has 1 atom stereocenters. The molecule has 0 radical (unpaired) electrons. The number of nitrogens with zero attached hydrogens (tertiary/aromatic N) is 2. The minimum absolute atomic E-state index is 0.405. The van der Waals surface area contributed by atoms with E-state index in [2.05, 4.69) is 16.6 Å². The number of hydrogen-bond acceptors (Lipinski definition) is 5. The van der Waals surface area contributed by atoms with Crippen LogP contribution in [0.1, 0.15) is 23.0 Å². The molecule has 2 aromatic carbocycles. The van der Waals surface area contributed by atoms with Gasteiger partial charge in [0.2, 0.25) is 0 Å². The number of carbonyl (C=O) groups is 1. The van der Waals surface area contributed by atoms with Crippen LogP contribution in [-0.4, -0.2) is 17.2 Å². The molecule has 6 nitrogen and oxygen atoms in total. The Morgan fingerprint density at radius 3 is 2.62 bits per heavy atom. The van der Waals surface area contributed by atoms with Crippen LogP contribution in [0, 0.1) is 11.3 Å². The number of amides is 1. The molecule has 0 aliphatic carbocycles. The lowest BCUT2D eigenvalue weighted by Crippen LogP contribution is -2.25. The summed E-state index contributed by atoms with van der Waals surface area (Å²) < 4.78 is 5.62. The van der Waals surface area contributed by atoms with Crippen molar-refractivity contribution in [3.05, 3.63) is 83.6 Å². The van der Waals surface area contributed by atoms with Gasteiger partial charge in [-0.15, -0.1) is 0 Å². The maximum Gasteiger partial charge on any atom is 0.273 e. The highest BCUT2D eigenvalue weighted by Gasteiger charge is 2.16. The Hall–Kier alpha value is -3.69. The van der Waals surface area contributed by atoms with Crippen molar-refractivity contribution in [2.75, 3.05) is 0 Å². The Labute approximate surface area is 150 Å². The van der Waals surface area contributed by atoms with Crippen LogP contribution < -0.4 is 5.43 Å². The number of nitrogens with one attached hydrogen (secondary N) is 1. The topological polar surface area (TPSA) is 98.6 Å². The number of carbonyl (C=O) groups excluding carboxylic acids is 1. The van der Waals surface area contributed by atoms with Crippen LogP contribution in [0.4, 0.5) is 0 Å². The number of furan rings is 1. The second-order valence-corrected chi connectivity index (χ2v) is 5.41. The van der Waals surface area contributed by atoms with Crippen LogP contribution in [-0.2, 0) is 4.79 Å². The molecule has 0 fully saturated rings. The number of aliphatic hydroxyl groups is 1. The zero-order valence-electron chi connectivity index (χ0n) is 13.7. The van der Waals surface area contributed by atoms with Gasteiger partial charge >= 0.3 is 0 Å². The van der Waals surface area contributed by atoms with Gasteiger partial charge in [-0.1, -0.05) is 42.5 Å². The Balaban J connectivity index is 1.66. The summed E-state index contributed by atoms with van der Waals surface area (Å²) in [4.78, 5) is 11.9. The van der Waals surface area contributed by atoms with Crippen molar-refractivity contribution < 1.29 is 14.3 Å². The minimum atomic E-state index is -1.30. The van der Waals surface area contributed by atoms with Crippen LogP contribution in [0.3, 0.4) is 0 Å². The van der Waals surface area contributed by atoms with Gasteiger partial charge < -0.3 is 9.52 Å². The smallest absolute Gasteiger partial charge is 0.273 e. The lowest BCUT2D eigenvalue weighted by atomic mass is 10.1. The molecule has 0 spiro atoms. The van der Waals surface area contributed by atoms with Crippen molar-refractivity contribution in [1.82, 2.24) is 5.43 Å². The van der Waals surface area contributed by atoms with Gasteiger partial charge in [0.1, 0.15) is 11.5 Å². The van der Waals surface area contributed by atoms with Gasteiger partial charge in [-0.05, 0) is 29.8 Å². The van der Waals surface area contributed by atoms with E-state index in [0.29, 0.717) is 28.2 Å². The van der Waals surface area contributed by atoms with E-state index in [-0.39, 0.29) is 0 Å². The molecule has 1 amide bonds. The van der Waals surface area contributed by atoms with Gasteiger partial charge in [-0.3, -0.25) is 4.79 Å². The van der Waals surface area contributed by atoms with E-state index in [9.17, 15) is 9.90 Å². The number of hydrazone groups is 1. The summed E-state index contributed by atoms with van der Waals surface area (Å²) in [5, 5.41) is 22.9. The van der Waals surface area contributed by atoms with Gasteiger partial charge in [0.05, 0.1) is 17.8 Å². The summed E-state index contributed by atoms with van der Waals surface area (Å²) in [6, 6.07) is 21.2. The monoisotopic (exact) mass is 345 g/mol. The Morgan fingerprint density at radius 1 is 1.12 bits per heavy atom. The third-order valence-corrected chi connectivity index (χ3v) is 3.67. The first-order valence-corrected chi connectivity index (χ1v) is 7.84. The van der Waals surface area contributed by atoms with E-state index in [4.69, 9.17) is 9.68 Å². The van der Waals surface area contributed by atoms with Crippen LogP contribution in [0.25, 0.3) is 11.3 Å². The van der Waals surface area contributed by atoms with Crippen molar-refractivity contribution in [2.24, 2.45) is 5.10 Å². The highest BCUT2D eigenvalue weighted by molar-refractivity contribution is 5.84. The molecule has 0 saturated carbocycles. The average Bonchev–Trinajstić information content (AvgIpc) is 3.16. The molecule has 3 aromatic rings. The fourth-order valence-corrected chi connectivity index (χ4v) is 2.37. The van der Waals surface area contributed by atoms with E-state index in [0.717, 1.165) is 0 Å². The zero-order valence-corrected chi connectivity index (χ0v) is 13.7. The van der Waals surface area contributed by atoms with Gasteiger partial charge in [0, 0.05) is 5.56 Å². The number of aliphatic hydroxyl groups excluding tert-OH is 1. The molecule has 3 rings (SSSR count). The fraction of sp³-hybridized carbons (Fsp3) is 0.0500. The highest BCUT2D eigenvalue weighted by atomic mass is 16.3. The number of rotatable bonds is 5. The summed E-state index contributed by atoms with van der Waals surface area (Å²) in [6.45, 7) is 0. The normalized spacial score (nSPS) is 11.8. The molecule has 0 saturated heterocycles. The molecule has 128 valence electrons. The van der Waals surface area contributed by atoms with E-state index in [1.54, 1.807) is 60.7 Å². The van der Waals surface area contributed by atoms with E-state index < -0.39 is 12.0 Å². The predicted molar refractivity (Wildman–Crippen MR) is 96.0 cm³/mol. The van der Waals surface area contributed by atoms with Crippen LogP contribution >= 0.6 is 0 Å². The fourth-order valence-electron chi connectivity index (χ4n) is 2.37. The van der Waals surface area contributed by atoms with E-state index in [1.165, 1.54) is 6.21 Å². The maximum atomic E-state index is 11.9. The van der Waals surface area contributed by atoms with Gasteiger partial charge in [0.25, 0.3) is 5.91 Å². The molecule has 1 heterocycles. The number of nitriles is 1. The molecule has 0 unspecified atom stereocenters. The molecule has 1 aromatic heterocycles. The van der Waals surface area contributed by atoms with E-state index in [1.807, 2.05) is 6.07 Å². The molecular weight excluding hydrogens is 330 g/mol. The predicted octanol–water partition coefficient (Wildman–Crippen LogP) is 3.00. The van der Waals surface area contributed by atoms with Crippen molar-refractivity contribution in [3.8, 4) is 17.4 Å².